The van der Waals surface area contributed by atoms with Crippen molar-refractivity contribution in [1.82, 2.24) is 9.97 Å². The van der Waals surface area contributed by atoms with Crippen molar-refractivity contribution in [1.29, 1.82) is 0 Å². The van der Waals surface area contributed by atoms with Crippen molar-refractivity contribution in [2.75, 3.05) is 10.6 Å². The Labute approximate surface area is 148 Å². The van der Waals surface area contributed by atoms with Crippen molar-refractivity contribution in [2.45, 2.75) is 6.92 Å². The summed E-state index contributed by atoms with van der Waals surface area (Å²) < 4.78 is 13.0. The number of aryl methyl sites for hydroxylation is 1. The lowest BCUT2D eigenvalue weighted by Gasteiger charge is -2.09. The summed E-state index contributed by atoms with van der Waals surface area (Å²) in [7, 11) is 0. The Bertz CT molecular complexity index is 898. The maximum atomic E-state index is 13.0. The van der Waals surface area contributed by atoms with Crippen LogP contribution in [0.4, 0.5) is 21.7 Å². The second-order valence-electron chi connectivity index (χ2n) is 5.31. The molecule has 2 N–H and O–H groups in total. The predicted octanol–water partition coefficient (Wildman–Crippen LogP) is 4.57. The number of halogens is 2. The predicted molar refractivity (Wildman–Crippen MR) is 95.9 cm³/mol. The van der Waals surface area contributed by atoms with Crippen molar-refractivity contribution in [3.63, 3.8) is 0 Å². The van der Waals surface area contributed by atoms with Crippen LogP contribution in [0.3, 0.4) is 0 Å². The largest absolute Gasteiger partial charge is 0.324 e. The van der Waals surface area contributed by atoms with Crippen molar-refractivity contribution in [2.24, 2.45) is 0 Å². The molecule has 2 aromatic carbocycles. The number of amides is 1. The fourth-order valence-electron chi connectivity index (χ4n) is 2.13. The molecule has 0 saturated heterocycles. The van der Waals surface area contributed by atoms with Gasteiger partial charge in [0.25, 0.3) is 5.91 Å². The lowest BCUT2D eigenvalue weighted by Crippen LogP contribution is -2.15. The Morgan fingerprint density at radius 3 is 2.32 bits per heavy atom. The van der Waals surface area contributed by atoms with Crippen LogP contribution >= 0.6 is 11.6 Å². The van der Waals surface area contributed by atoms with E-state index in [1.165, 1.54) is 12.1 Å². The third-order valence-corrected chi connectivity index (χ3v) is 3.54. The van der Waals surface area contributed by atoms with Crippen LogP contribution in [0.1, 0.15) is 16.2 Å². The monoisotopic (exact) mass is 356 g/mol. The maximum absolute atomic E-state index is 13.0. The molecule has 0 atom stereocenters. The Morgan fingerprint density at radius 1 is 1.00 bits per heavy atom. The lowest BCUT2D eigenvalue weighted by atomic mass is 10.3. The highest BCUT2D eigenvalue weighted by Crippen LogP contribution is 2.17. The SMILES string of the molecule is Cc1cc(C(=O)Nc2ccc(Cl)cc2)nc(Nc2ccc(F)cc2)n1. The van der Waals surface area contributed by atoms with E-state index in [0.29, 0.717) is 22.1 Å². The Kier molecular flexibility index (Phi) is 4.90. The molecule has 1 aromatic heterocycles. The Morgan fingerprint density at radius 2 is 1.64 bits per heavy atom. The second kappa shape index (κ2) is 7.27. The van der Waals surface area contributed by atoms with E-state index in [0.717, 1.165) is 0 Å². The van der Waals surface area contributed by atoms with E-state index in [4.69, 9.17) is 11.6 Å². The van der Waals surface area contributed by atoms with E-state index in [2.05, 4.69) is 20.6 Å². The number of hydrogen-bond donors (Lipinski definition) is 2. The Balaban J connectivity index is 1.79. The van der Waals surface area contributed by atoms with Crippen LogP contribution < -0.4 is 10.6 Å². The van der Waals surface area contributed by atoms with Crippen molar-refractivity contribution in [3.8, 4) is 0 Å². The molecule has 0 aliphatic heterocycles. The van der Waals surface area contributed by atoms with Gasteiger partial charge in [0, 0.05) is 22.1 Å². The average molecular weight is 357 g/mol. The maximum Gasteiger partial charge on any atom is 0.274 e. The van der Waals surface area contributed by atoms with Gasteiger partial charge in [-0.15, -0.1) is 0 Å². The molecule has 0 aliphatic carbocycles. The van der Waals surface area contributed by atoms with Gasteiger partial charge >= 0.3 is 0 Å². The average Bonchev–Trinajstić information content (AvgIpc) is 2.58. The molecule has 1 amide bonds. The quantitative estimate of drug-likeness (QED) is 0.718. The van der Waals surface area contributed by atoms with E-state index in [-0.39, 0.29) is 23.4 Å². The zero-order valence-corrected chi connectivity index (χ0v) is 14.0. The second-order valence-corrected chi connectivity index (χ2v) is 5.75. The van der Waals surface area contributed by atoms with Gasteiger partial charge in [0.1, 0.15) is 11.5 Å². The van der Waals surface area contributed by atoms with Crippen LogP contribution in [0.5, 0.6) is 0 Å². The van der Waals surface area contributed by atoms with E-state index in [9.17, 15) is 9.18 Å². The molecule has 0 spiro atoms. The summed E-state index contributed by atoms with van der Waals surface area (Å²) in [4.78, 5) is 20.8. The first-order chi connectivity index (χ1) is 12.0. The number of aromatic nitrogens is 2. The molecule has 3 aromatic rings. The third kappa shape index (κ3) is 4.51. The van der Waals surface area contributed by atoms with Crippen LogP contribution in [0.15, 0.2) is 54.6 Å². The molecular formula is C18H14ClFN4O. The summed E-state index contributed by atoms with van der Waals surface area (Å²) >= 11 is 5.83. The van der Waals surface area contributed by atoms with Gasteiger partial charge in [-0.1, -0.05) is 11.6 Å². The molecule has 25 heavy (non-hydrogen) atoms. The van der Waals surface area contributed by atoms with E-state index >= 15 is 0 Å². The molecule has 0 fully saturated rings. The highest BCUT2D eigenvalue weighted by Gasteiger charge is 2.11. The minimum Gasteiger partial charge on any atom is -0.324 e. The molecule has 0 saturated carbocycles. The van der Waals surface area contributed by atoms with Gasteiger partial charge in [-0.05, 0) is 61.5 Å². The van der Waals surface area contributed by atoms with Crippen LogP contribution in [0, 0.1) is 12.7 Å². The summed E-state index contributed by atoms with van der Waals surface area (Å²) in [5.74, 6) is -0.443. The molecule has 0 radical (unpaired) electrons. The molecule has 0 bridgehead atoms. The standard InChI is InChI=1S/C18H14ClFN4O/c1-11-10-16(17(25)22-14-6-2-12(19)3-7-14)24-18(21-11)23-15-8-4-13(20)5-9-15/h2-10H,1H3,(H,22,25)(H,21,23,24). The molecular weight excluding hydrogens is 343 g/mol. The van der Waals surface area contributed by atoms with Crippen molar-refractivity contribution >= 4 is 34.8 Å². The topological polar surface area (TPSA) is 66.9 Å². The highest BCUT2D eigenvalue weighted by molar-refractivity contribution is 6.30. The zero-order valence-electron chi connectivity index (χ0n) is 13.3. The van der Waals surface area contributed by atoms with E-state index in [1.807, 2.05) is 0 Å². The molecule has 7 heteroatoms. The third-order valence-electron chi connectivity index (χ3n) is 3.29. The zero-order chi connectivity index (χ0) is 17.8. The number of carbonyl (C=O) groups is 1. The van der Waals surface area contributed by atoms with Crippen molar-refractivity contribution in [3.05, 3.63) is 76.8 Å². The van der Waals surface area contributed by atoms with Gasteiger partial charge in [0.2, 0.25) is 5.95 Å². The number of hydrogen-bond acceptors (Lipinski definition) is 4. The summed E-state index contributed by atoms with van der Waals surface area (Å²) in [6, 6.07) is 14.1. The summed E-state index contributed by atoms with van der Waals surface area (Å²) in [6.45, 7) is 1.76. The van der Waals surface area contributed by atoms with E-state index < -0.39 is 0 Å². The minimum absolute atomic E-state index is 0.215. The van der Waals surface area contributed by atoms with Crippen LogP contribution in [0.2, 0.25) is 5.02 Å². The smallest absolute Gasteiger partial charge is 0.274 e. The summed E-state index contributed by atoms with van der Waals surface area (Å²) in [5.41, 5.74) is 2.07. The summed E-state index contributed by atoms with van der Waals surface area (Å²) in [5, 5.41) is 6.28. The minimum atomic E-state index is -0.366. The van der Waals surface area contributed by atoms with Crippen LogP contribution in [-0.2, 0) is 0 Å². The first-order valence-electron chi connectivity index (χ1n) is 7.45. The lowest BCUT2D eigenvalue weighted by molar-refractivity contribution is 0.102. The number of carbonyl (C=O) groups excluding carboxylic acids is 1. The first-order valence-corrected chi connectivity index (χ1v) is 7.82. The first kappa shape index (κ1) is 16.9. The van der Waals surface area contributed by atoms with Gasteiger partial charge in [0.15, 0.2) is 0 Å². The number of rotatable bonds is 4. The molecule has 5 nitrogen and oxygen atoms in total. The van der Waals surface area contributed by atoms with Gasteiger partial charge in [-0.2, -0.15) is 0 Å². The molecule has 1 heterocycles. The number of benzene rings is 2. The van der Waals surface area contributed by atoms with Gasteiger partial charge in [0.05, 0.1) is 0 Å². The number of anilines is 3. The highest BCUT2D eigenvalue weighted by atomic mass is 35.5. The van der Waals surface area contributed by atoms with E-state index in [1.54, 1.807) is 49.4 Å². The van der Waals surface area contributed by atoms with Crippen LogP contribution in [-0.4, -0.2) is 15.9 Å². The van der Waals surface area contributed by atoms with Gasteiger partial charge in [-0.25, -0.2) is 14.4 Å². The fourth-order valence-corrected chi connectivity index (χ4v) is 2.26. The van der Waals surface area contributed by atoms with Gasteiger partial charge < -0.3 is 10.6 Å². The Hall–Kier alpha value is -2.99. The number of nitrogens with zero attached hydrogens (tertiary/aromatic N) is 2. The van der Waals surface area contributed by atoms with Crippen molar-refractivity contribution < 1.29 is 9.18 Å². The molecule has 0 aliphatic rings. The summed E-state index contributed by atoms with van der Waals surface area (Å²) in [6.07, 6.45) is 0. The molecule has 0 unspecified atom stereocenters. The van der Waals surface area contributed by atoms with Gasteiger partial charge in [-0.3, -0.25) is 4.79 Å². The van der Waals surface area contributed by atoms with Crippen LogP contribution in [0.25, 0.3) is 0 Å². The number of nitrogens with one attached hydrogen (secondary N) is 2. The fraction of sp³-hybridized carbons (Fsp3) is 0.0556. The normalized spacial score (nSPS) is 10.4. The molecule has 126 valence electrons. The molecule has 3 rings (SSSR count).